The lowest BCUT2D eigenvalue weighted by atomic mass is 10.2. The van der Waals surface area contributed by atoms with Crippen molar-refractivity contribution in [2.24, 2.45) is 13.0 Å². The number of rotatable bonds is 7. The van der Waals surface area contributed by atoms with Crippen molar-refractivity contribution in [1.82, 2.24) is 15.1 Å². The molecule has 21 heavy (non-hydrogen) atoms. The Bertz CT molecular complexity index is 452. The van der Waals surface area contributed by atoms with Crippen LogP contribution < -0.4 is 10.2 Å². The van der Waals surface area contributed by atoms with Crippen LogP contribution >= 0.6 is 0 Å². The average Bonchev–Trinajstić information content (AvgIpc) is 2.60. The van der Waals surface area contributed by atoms with Gasteiger partial charge in [0.05, 0.1) is 5.69 Å². The number of nitrogens with one attached hydrogen (secondary N) is 1. The second kappa shape index (κ2) is 7.15. The molecule has 122 valence electrons. The van der Waals surface area contributed by atoms with Gasteiger partial charge in [0.2, 0.25) is 0 Å². The third-order valence-corrected chi connectivity index (χ3v) is 3.22. The van der Waals surface area contributed by atoms with Gasteiger partial charge in [0.15, 0.2) is 0 Å². The number of halogens is 3. The van der Waals surface area contributed by atoms with E-state index in [1.54, 1.807) is 14.0 Å². The lowest BCUT2D eigenvalue weighted by molar-refractivity contribution is -0.119. The van der Waals surface area contributed by atoms with Crippen LogP contribution in [0, 0.1) is 12.8 Å². The van der Waals surface area contributed by atoms with Gasteiger partial charge in [-0.1, -0.05) is 13.8 Å². The molecule has 1 N–H and O–H groups in total. The maximum Gasteiger partial charge on any atom is 0.405 e. The molecule has 0 amide bonds. The van der Waals surface area contributed by atoms with Crippen LogP contribution in [0.25, 0.3) is 0 Å². The molecule has 0 radical (unpaired) electrons. The molecule has 0 saturated heterocycles. The van der Waals surface area contributed by atoms with Crippen LogP contribution in [0.15, 0.2) is 0 Å². The van der Waals surface area contributed by atoms with Gasteiger partial charge in [0.1, 0.15) is 12.4 Å². The summed E-state index contributed by atoms with van der Waals surface area (Å²) in [6.45, 7) is 8.41. The van der Waals surface area contributed by atoms with Gasteiger partial charge in [0, 0.05) is 25.7 Å². The fourth-order valence-corrected chi connectivity index (χ4v) is 2.33. The predicted octanol–water partition coefficient (Wildman–Crippen LogP) is 2.86. The fraction of sp³-hybridized carbons (Fsp3) is 0.786. The quantitative estimate of drug-likeness (QED) is 0.841. The van der Waals surface area contributed by atoms with E-state index in [1.165, 1.54) is 9.58 Å². The van der Waals surface area contributed by atoms with Gasteiger partial charge in [-0.15, -0.1) is 0 Å². The largest absolute Gasteiger partial charge is 0.405 e. The first kappa shape index (κ1) is 17.8. The Morgan fingerprint density at radius 2 is 1.95 bits per heavy atom. The molecule has 4 nitrogen and oxygen atoms in total. The summed E-state index contributed by atoms with van der Waals surface area (Å²) in [6, 6.07) is 0. The van der Waals surface area contributed by atoms with Crippen LogP contribution in [0.1, 0.15) is 32.0 Å². The Balaban J connectivity index is 2.98. The first-order valence-electron chi connectivity index (χ1n) is 7.20. The zero-order valence-electron chi connectivity index (χ0n) is 13.4. The summed E-state index contributed by atoms with van der Waals surface area (Å²) < 4.78 is 39.7. The molecule has 0 saturated carbocycles. The summed E-state index contributed by atoms with van der Waals surface area (Å²) in [4.78, 5) is 1.33. The number of aromatic nitrogens is 2. The average molecular weight is 306 g/mol. The maximum atomic E-state index is 12.7. The first-order valence-corrected chi connectivity index (χ1v) is 7.20. The van der Waals surface area contributed by atoms with Crippen molar-refractivity contribution < 1.29 is 13.2 Å². The summed E-state index contributed by atoms with van der Waals surface area (Å²) in [5.41, 5.74) is 1.61. The van der Waals surface area contributed by atoms with Crippen molar-refractivity contribution in [3.63, 3.8) is 0 Å². The van der Waals surface area contributed by atoms with E-state index >= 15 is 0 Å². The number of hydrogen-bond donors (Lipinski definition) is 1. The third kappa shape index (κ3) is 5.22. The number of alkyl halides is 3. The van der Waals surface area contributed by atoms with E-state index in [0.717, 1.165) is 17.8 Å². The minimum Gasteiger partial charge on any atom is -0.348 e. The molecule has 1 aromatic heterocycles. The van der Waals surface area contributed by atoms with Crippen molar-refractivity contribution in [2.75, 3.05) is 24.5 Å². The zero-order chi connectivity index (χ0) is 16.2. The lowest BCUT2D eigenvalue weighted by Gasteiger charge is -2.25. The van der Waals surface area contributed by atoms with Crippen LogP contribution in [0.5, 0.6) is 0 Å². The van der Waals surface area contributed by atoms with Crippen molar-refractivity contribution in [3.8, 4) is 0 Å². The molecule has 1 rings (SSSR count). The van der Waals surface area contributed by atoms with Crippen LogP contribution in [0.2, 0.25) is 0 Å². The minimum atomic E-state index is -4.23. The standard InChI is InChI=1S/C14H25F3N4/c1-6-21(9-14(15,16)17)13-12(8-18-7-10(2)3)11(4)19-20(13)5/h10,18H,6-9H2,1-5H3. The van der Waals surface area contributed by atoms with Gasteiger partial charge in [-0.05, 0) is 26.3 Å². The first-order chi connectivity index (χ1) is 9.65. The van der Waals surface area contributed by atoms with E-state index in [2.05, 4.69) is 24.3 Å². The third-order valence-electron chi connectivity index (χ3n) is 3.22. The van der Waals surface area contributed by atoms with Gasteiger partial charge >= 0.3 is 6.18 Å². The Kier molecular flexibility index (Phi) is 6.07. The molecule has 0 bridgehead atoms. The highest BCUT2D eigenvalue weighted by Crippen LogP contribution is 2.26. The molecule has 0 aliphatic rings. The second-order valence-corrected chi connectivity index (χ2v) is 5.67. The molecular formula is C14H25F3N4. The smallest absolute Gasteiger partial charge is 0.348 e. The summed E-state index contributed by atoms with van der Waals surface area (Å²) in [7, 11) is 1.69. The zero-order valence-corrected chi connectivity index (χ0v) is 13.4. The normalized spacial score (nSPS) is 12.2. The van der Waals surface area contributed by atoms with Crippen LogP contribution in [-0.4, -0.2) is 35.6 Å². The minimum absolute atomic E-state index is 0.287. The molecule has 0 unspecified atom stereocenters. The Hall–Kier alpha value is -1.24. The van der Waals surface area contributed by atoms with Gasteiger partial charge in [0.25, 0.3) is 0 Å². The van der Waals surface area contributed by atoms with E-state index in [4.69, 9.17) is 0 Å². The maximum absolute atomic E-state index is 12.7. The SMILES string of the molecule is CCN(CC(F)(F)F)c1c(CNCC(C)C)c(C)nn1C. The second-order valence-electron chi connectivity index (χ2n) is 5.67. The van der Waals surface area contributed by atoms with E-state index in [9.17, 15) is 13.2 Å². The van der Waals surface area contributed by atoms with Crippen LogP contribution in [0.3, 0.4) is 0 Å². The summed E-state index contributed by atoms with van der Waals surface area (Å²) in [5.74, 6) is 1.03. The van der Waals surface area contributed by atoms with Crippen molar-refractivity contribution in [3.05, 3.63) is 11.3 Å². The Morgan fingerprint density at radius 3 is 2.43 bits per heavy atom. The van der Waals surface area contributed by atoms with Gasteiger partial charge in [-0.25, -0.2) is 0 Å². The highest BCUT2D eigenvalue weighted by atomic mass is 19.4. The Labute approximate surface area is 124 Å². The number of anilines is 1. The van der Waals surface area contributed by atoms with Gasteiger partial charge in [-0.3, -0.25) is 4.68 Å². The Morgan fingerprint density at radius 1 is 1.33 bits per heavy atom. The van der Waals surface area contributed by atoms with Gasteiger partial charge in [-0.2, -0.15) is 18.3 Å². The molecule has 0 fully saturated rings. The molecular weight excluding hydrogens is 281 g/mol. The highest BCUT2D eigenvalue weighted by molar-refractivity contribution is 5.50. The monoisotopic (exact) mass is 306 g/mol. The molecule has 0 atom stereocenters. The predicted molar refractivity (Wildman–Crippen MR) is 78.4 cm³/mol. The molecule has 1 heterocycles. The summed E-state index contributed by atoms with van der Waals surface area (Å²) in [5, 5.41) is 7.55. The van der Waals surface area contributed by atoms with E-state index < -0.39 is 12.7 Å². The molecule has 0 aliphatic carbocycles. The topological polar surface area (TPSA) is 33.1 Å². The fourth-order valence-electron chi connectivity index (χ4n) is 2.33. The van der Waals surface area contributed by atoms with E-state index in [0.29, 0.717) is 18.3 Å². The molecule has 0 aliphatic heterocycles. The van der Waals surface area contributed by atoms with E-state index in [1.807, 2.05) is 6.92 Å². The van der Waals surface area contributed by atoms with E-state index in [-0.39, 0.29) is 6.54 Å². The van der Waals surface area contributed by atoms with Crippen molar-refractivity contribution in [2.45, 2.75) is 40.4 Å². The van der Waals surface area contributed by atoms with Crippen molar-refractivity contribution in [1.29, 1.82) is 0 Å². The van der Waals surface area contributed by atoms with Gasteiger partial charge < -0.3 is 10.2 Å². The van der Waals surface area contributed by atoms with Crippen LogP contribution in [0.4, 0.5) is 19.0 Å². The van der Waals surface area contributed by atoms with Crippen molar-refractivity contribution >= 4 is 5.82 Å². The highest BCUT2D eigenvalue weighted by Gasteiger charge is 2.32. The van der Waals surface area contributed by atoms with Crippen LogP contribution in [-0.2, 0) is 13.6 Å². The molecule has 0 aromatic carbocycles. The molecule has 1 aromatic rings. The lowest BCUT2D eigenvalue weighted by Crippen LogP contribution is -2.36. The summed E-state index contributed by atoms with van der Waals surface area (Å²) >= 11 is 0. The molecule has 7 heteroatoms. The number of nitrogens with zero attached hydrogens (tertiary/aromatic N) is 3. The summed E-state index contributed by atoms with van der Waals surface area (Å²) in [6.07, 6.45) is -4.23. The number of hydrogen-bond acceptors (Lipinski definition) is 3. The number of aryl methyl sites for hydroxylation is 2. The molecule has 0 spiro atoms.